The second-order valence-corrected chi connectivity index (χ2v) is 6.06. The Morgan fingerprint density at radius 2 is 1.11 bits per heavy atom. The number of non-ortho nitro benzene ring substituents is 1. The molecule has 0 aliphatic rings. The first kappa shape index (κ1) is 21.0. The van der Waals surface area contributed by atoms with Crippen molar-refractivity contribution in [2.75, 3.05) is 5.32 Å². The minimum absolute atomic E-state index is 0.404. The number of nitrogens with zero attached hydrogens (tertiary/aromatic N) is 4. The Hall–Kier alpha value is -3.29. The van der Waals surface area contributed by atoms with Crippen molar-refractivity contribution >= 4 is 68.9 Å². The van der Waals surface area contributed by atoms with Gasteiger partial charge in [-0.05, 0) is 0 Å². The highest BCUT2D eigenvalue weighted by Gasteiger charge is 2.32. The quantitative estimate of drug-likeness (QED) is 0.356. The molecule has 0 aliphatic heterocycles. The van der Waals surface area contributed by atoms with Crippen LogP contribution in [0.25, 0.3) is 0 Å². The maximum Gasteiger partial charge on any atom is 0.306 e. The maximum absolute atomic E-state index is 11.3. The molecular formula is C12H4Cl3N5O8. The average molecular weight is 453 g/mol. The molecule has 0 radical (unpaired) electrons. The highest BCUT2D eigenvalue weighted by atomic mass is 35.5. The van der Waals surface area contributed by atoms with Gasteiger partial charge in [0.05, 0.1) is 47.6 Å². The van der Waals surface area contributed by atoms with Crippen LogP contribution in [0.1, 0.15) is 0 Å². The van der Waals surface area contributed by atoms with Gasteiger partial charge in [0.15, 0.2) is 5.69 Å². The fourth-order valence-corrected chi connectivity index (χ4v) is 2.83. The number of anilines is 2. The van der Waals surface area contributed by atoms with E-state index < -0.39 is 68.9 Å². The van der Waals surface area contributed by atoms with Gasteiger partial charge < -0.3 is 5.32 Å². The molecule has 28 heavy (non-hydrogen) atoms. The van der Waals surface area contributed by atoms with Crippen LogP contribution in [0.15, 0.2) is 18.2 Å². The zero-order chi connectivity index (χ0) is 21.3. The Morgan fingerprint density at radius 3 is 1.50 bits per heavy atom. The van der Waals surface area contributed by atoms with E-state index in [0.29, 0.717) is 12.1 Å². The first-order chi connectivity index (χ1) is 13.0. The number of halogens is 3. The van der Waals surface area contributed by atoms with E-state index >= 15 is 0 Å². The van der Waals surface area contributed by atoms with Crippen LogP contribution in [0.3, 0.4) is 0 Å². The van der Waals surface area contributed by atoms with Crippen LogP contribution in [-0.2, 0) is 0 Å². The van der Waals surface area contributed by atoms with E-state index in [9.17, 15) is 40.5 Å². The van der Waals surface area contributed by atoms with Crippen LogP contribution < -0.4 is 5.32 Å². The molecule has 0 saturated heterocycles. The van der Waals surface area contributed by atoms with E-state index in [-0.39, 0.29) is 0 Å². The smallest absolute Gasteiger partial charge is 0.306 e. The van der Waals surface area contributed by atoms with Crippen LogP contribution in [0, 0.1) is 40.5 Å². The third-order valence-corrected chi connectivity index (χ3v) is 4.43. The Bertz CT molecular complexity index is 1030. The lowest BCUT2D eigenvalue weighted by molar-refractivity contribution is -0.401. The van der Waals surface area contributed by atoms with E-state index in [2.05, 4.69) is 5.32 Å². The summed E-state index contributed by atoms with van der Waals surface area (Å²) in [6.07, 6.45) is 0. The largest absolute Gasteiger partial charge is 0.342 e. The summed E-state index contributed by atoms with van der Waals surface area (Å²) in [5, 5.41) is 45.1. The van der Waals surface area contributed by atoms with Gasteiger partial charge in [-0.3, -0.25) is 40.5 Å². The van der Waals surface area contributed by atoms with Gasteiger partial charge in [0.2, 0.25) is 0 Å². The summed E-state index contributed by atoms with van der Waals surface area (Å²) in [7, 11) is 0. The summed E-state index contributed by atoms with van der Waals surface area (Å²) in [5.41, 5.74) is -4.81. The van der Waals surface area contributed by atoms with E-state index in [4.69, 9.17) is 34.8 Å². The SMILES string of the molecule is O=[N+]([O-])c1cc([N+](=O)[O-])c(Nc2c(Cl)cc([N+](=O)[O-])c(Cl)c2Cl)c([N+](=O)[O-])c1. The van der Waals surface area contributed by atoms with Gasteiger partial charge in [-0.1, -0.05) is 34.8 Å². The molecule has 1 N–H and O–H groups in total. The molecule has 2 aromatic carbocycles. The summed E-state index contributed by atoms with van der Waals surface area (Å²) < 4.78 is 0. The van der Waals surface area contributed by atoms with Gasteiger partial charge in [0, 0.05) is 6.07 Å². The topological polar surface area (TPSA) is 185 Å². The second-order valence-electron chi connectivity index (χ2n) is 4.89. The van der Waals surface area contributed by atoms with Crippen molar-refractivity contribution in [2.45, 2.75) is 0 Å². The number of hydrogen-bond acceptors (Lipinski definition) is 9. The predicted octanol–water partition coefficient (Wildman–Crippen LogP) is 5.02. The molecule has 0 spiro atoms. The maximum atomic E-state index is 11.3. The van der Waals surface area contributed by atoms with Crippen molar-refractivity contribution in [3.63, 3.8) is 0 Å². The Morgan fingerprint density at radius 1 is 0.643 bits per heavy atom. The molecule has 0 heterocycles. The molecule has 0 aliphatic carbocycles. The molecule has 13 nitrogen and oxygen atoms in total. The second kappa shape index (κ2) is 7.75. The normalized spacial score (nSPS) is 10.4. The van der Waals surface area contributed by atoms with Crippen LogP contribution in [0.5, 0.6) is 0 Å². The van der Waals surface area contributed by atoms with E-state index in [0.717, 1.165) is 6.07 Å². The van der Waals surface area contributed by atoms with Crippen LogP contribution in [0.2, 0.25) is 15.1 Å². The van der Waals surface area contributed by atoms with Crippen molar-refractivity contribution < 1.29 is 19.7 Å². The van der Waals surface area contributed by atoms with E-state index in [1.807, 2.05) is 0 Å². The van der Waals surface area contributed by atoms with Gasteiger partial charge in [-0.25, -0.2) is 0 Å². The van der Waals surface area contributed by atoms with Gasteiger partial charge >= 0.3 is 11.4 Å². The average Bonchev–Trinajstić information content (AvgIpc) is 2.60. The summed E-state index contributed by atoms with van der Waals surface area (Å²) in [6.45, 7) is 0. The van der Waals surface area contributed by atoms with E-state index in [1.54, 1.807) is 0 Å². The molecule has 2 rings (SSSR count). The van der Waals surface area contributed by atoms with Crippen molar-refractivity contribution in [3.05, 3.63) is 73.7 Å². The summed E-state index contributed by atoms with van der Waals surface area (Å²) in [5.74, 6) is 0. The first-order valence-electron chi connectivity index (χ1n) is 6.65. The monoisotopic (exact) mass is 451 g/mol. The summed E-state index contributed by atoms with van der Waals surface area (Å²) >= 11 is 17.6. The third kappa shape index (κ3) is 3.85. The molecule has 146 valence electrons. The van der Waals surface area contributed by atoms with Crippen molar-refractivity contribution in [2.24, 2.45) is 0 Å². The predicted molar refractivity (Wildman–Crippen MR) is 97.8 cm³/mol. The molecule has 0 amide bonds. The molecular weight excluding hydrogens is 449 g/mol. The molecule has 0 fully saturated rings. The molecule has 0 aromatic heterocycles. The number of nitro benzene ring substituents is 4. The van der Waals surface area contributed by atoms with Gasteiger partial charge in [0.1, 0.15) is 5.02 Å². The van der Waals surface area contributed by atoms with Gasteiger partial charge in [-0.15, -0.1) is 0 Å². The molecule has 0 bridgehead atoms. The zero-order valence-electron chi connectivity index (χ0n) is 12.9. The number of nitrogens with one attached hydrogen (secondary N) is 1. The molecule has 0 atom stereocenters. The lowest BCUT2D eigenvalue weighted by atomic mass is 10.2. The number of rotatable bonds is 6. The van der Waals surface area contributed by atoms with Gasteiger partial charge in [0.25, 0.3) is 11.4 Å². The lowest BCUT2D eigenvalue weighted by Crippen LogP contribution is -2.04. The third-order valence-electron chi connectivity index (χ3n) is 3.27. The van der Waals surface area contributed by atoms with E-state index in [1.165, 1.54) is 0 Å². The van der Waals surface area contributed by atoms with Crippen molar-refractivity contribution in [1.82, 2.24) is 0 Å². The standard InChI is InChI=1S/C12H4Cl3N5O8/c13-5-3-6(18(23)24)9(14)10(15)11(5)16-12-7(19(25)26)1-4(17(21)22)2-8(12)20(27)28/h1-3,16H. The molecule has 0 saturated carbocycles. The Labute approximate surface area is 168 Å². The van der Waals surface area contributed by atoms with Gasteiger partial charge in [-0.2, -0.15) is 0 Å². The Balaban J connectivity index is 2.78. The van der Waals surface area contributed by atoms with Crippen molar-refractivity contribution in [3.8, 4) is 0 Å². The number of hydrogen-bond donors (Lipinski definition) is 1. The summed E-state index contributed by atoms with van der Waals surface area (Å²) in [4.78, 5) is 40.2. The lowest BCUT2D eigenvalue weighted by Gasteiger charge is -2.12. The van der Waals surface area contributed by atoms with Crippen LogP contribution >= 0.6 is 34.8 Å². The fraction of sp³-hybridized carbons (Fsp3) is 0. The molecule has 0 unspecified atom stereocenters. The van der Waals surface area contributed by atoms with Crippen molar-refractivity contribution in [1.29, 1.82) is 0 Å². The minimum Gasteiger partial charge on any atom is -0.342 e. The first-order valence-corrected chi connectivity index (χ1v) is 7.79. The summed E-state index contributed by atoms with van der Waals surface area (Å²) in [6, 6.07) is 1.76. The molecule has 16 heteroatoms. The fourth-order valence-electron chi connectivity index (χ4n) is 2.07. The minimum atomic E-state index is -1.10. The highest BCUT2D eigenvalue weighted by Crippen LogP contribution is 2.47. The molecule has 2 aromatic rings. The number of benzene rings is 2. The van der Waals surface area contributed by atoms with Crippen LogP contribution in [0.4, 0.5) is 34.1 Å². The Kier molecular flexibility index (Phi) is 5.82. The zero-order valence-corrected chi connectivity index (χ0v) is 15.2. The number of nitro groups is 4. The highest BCUT2D eigenvalue weighted by molar-refractivity contribution is 6.47. The van der Waals surface area contributed by atoms with Crippen LogP contribution in [-0.4, -0.2) is 19.7 Å².